The van der Waals surface area contributed by atoms with Gasteiger partial charge in [0.05, 0.1) is 0 Å². The highest BCUT2D eigenvalue weighted by Crippen LogP contribution is 2.39. The molecule has 0 spiro atoms. The van der Waals surface area contributed by atoms with E-state index < -0.39 is 0 Å². The number of nitrogens with one attached hydrogen (secondary N) is 1. The summed E-state index contributed by atoms with van der Waals surface area (Å²) in [6.45, 7) is 7.04. The Hall–Kier alpha value is -0.0400. The number of rotatable bonds is 1. The third kappa shape index (κ3) is 1.66. The van der Waals surface area contributed by atoms with Gasteiger partial charge in [0.25, 0.3) is 0 Å². The van der Waals surface area contributed by atoms with E-state index in [-0.39, 0.29) is 0 Å². The molecule has 1 heterocycles. The molecule has 1 N–H and O–H groups in total. The summed E-state index contributed by atoms with van der Waals surface area (Å²) in [4.78, 5) is 0. The van der Waals surface area contributed by atoms with E-state index in [1.54, 1.807) is 0 Å². The predicted octanol–water partition coefficient (Wildman–Crippen LogP) is 2.56. The summed E-state index contributed by atoms with van der Waals surface area (Å²) in [5.41, 5.74) is 0.502. The quantitative estimate of drug-likeness (QED) is 0.633. The minimum Gasteiger partial charge on any atom is -0.311 e. The van der Waals surface area contributed by atoms with Crippen molar-refractivity contribution in [3.63, 3.8) is 0 Å². The van der Waals surface area contributed by atoms with Crippen LogP contribution in [0.15, 0.2) is 0 Å². The Bertz CT molecular complexity index is 168. The molecule has 2 fully saturated rings. The molecule has 1 nitrogen and oxygen atoms in total. The lowest BCUT2D eigenvalue weighted by Crippen LogP contribution is -2.38. The lowest BCUT2D eigenvalue weighted by molar-refractivity contribution is 0.262. The molecule has 2 rings (SSSR count). The Morgan fingerprint density at radius 3 is 2.42 bits per heavy atom. The molecule has 3 unspecified atom stereocenters. The molecule has 1 aliphatic carbocycles. The maximum Gasteiger partial charge on any atom is 0.0103 e. The van der Waals surface area contributed by atoms with Crippen LogP contribution < -0.4 is 5.32 Å². The van der Waals surface area contributed by atoms with E-state index in [0.717, 1.165) is 18.0 Å². The molecule has 1 saturated heterocycles. The van der Waals surface area contributed by atoms with Crippen molar-refractivity contribution < 1.29 is 0 Å². The van der Waals surface area contributed by atoms with E-state index in [1.165, 1.54) is 25.7 Å². The normalized spacial score (nSPS) is 40.8. The monoisotopic (exact) mass is 167 g/mol. The molecule has 12 heavy (non-hydrogen) atoms. The third-order valence-electron chi connectivity index (χ3n) is 3.32. The lowest BCUT2D eigenvalue weighted by Gasteiger charge is -2.29. The fraction of sp³-hybridized carbons (Fsp3) is 1.00. The van der Waals surface area contributed by atoms with Crippen LogP contribution in [-0.4, -0.2) is 12.1 Å². The highest BCUT2D eigenvalue weighted by molar-refractivity contribution is 4.97. The van der Waals surface area contributed by atoms with Crippen LogP contribution in [0.2, 0.25) is 0 Å². The minimum absolute atomic E-state index is 0.502. The number of piperidine rings is 1. The predicted molar refractivity (Wildman–Crippen MR) is 52.1 cm³/mol. The van der Waals surface area contributed by atoms with Gasteiger partial charge in [0.1, 0.15) is 0 Å². The molecule has 70 valence electrons. The van der Waals surface area contributed by atoms with Crippen LogP contribution in [-0.2, 0) is 0 Å². The van der Waals surface area contributed by atoms with Gasteiger partial charge < -0.3 is 5.32 Å². The van der Waals surface area contributed by atoms with Crippen molar-refractivity contribution in [3.05, 3.63) is 0 Å². The number of hydrogen-bond donors (Lipinski definition) is 1. The lowest BCUT2D eigenvalue weighted by atomic mass is 9.83. The maximum absolute atomic E-state index is 3.75. The van der Waals surface area contributed by atoms with Crippen LogP contribution in [0.3, 0.4) is 0 Å². The summed E-state index contributed by atoms with van der Waals surface area (Å²) in [7, 11) is 0. The largest absolute Gasteiger partial charge is 0.311 e. The van der Waals surface area contributed by atoms with Crippen molar-refractivity contribution in [1.29, 1.82) is 0 Å². The van der Waals surface area contributed by atoms with Gasteiger partial charge in [-0.1, -0.05) is 20.8 Å². The molecular formula is C11H21N. The zero-order chi connectivity index (χ0) is 8.77. The minimum atomic E-state index is 0.502. The highest BCUT2D eigenvalue weighted by atomic mass is 15.0. The van der Waals surface area contributed by atoms with Gasteiger partial charge in [0.15, 0.2) is 0 Å². The van der Waals surface area contributed by atoms with E-state index in [4.69, 9.17) is 0 Å². The summed E-state index contributed by atoms with van der Waals surface area (Å²) in [5, 5.41) is 3.75. The van der Waals surface area contributed by atoms with Gasteiger partial charge in [0, 0.05) is 12.1 Å². The second-order valence-corrected chi connectivity index (χ2v) is 5.81. The summed E-state index contributed by atoms with van der Waals surface area (Å²) < 4.78 is 0. The van der Waals surface area contributed by atoms with Gasteiger partial charge in [-0.3, -0.25) is 0 Å². The van der Waals surface area contributed by atoms with Gasteiger partial charge in [-0.25, -0.2) is 0 Å². The van der Waals surface area contributed by atoms with Crippen LogP contribution in [0.4, 0.5) is 0 Å². The van der Waals surface area contributed by atoms with E-state index in [0.29, 0.717) is 5.41 Å². The Morgan fingerprint density at radius 2 is 2.00 bits per heavy atom. The summed E-state index contributed by atoms with van der Waals surface area (Å²) >= 11 is 0. The Balaban J connectivity index is 1.91. The van der Waals surface area contributed by atoms with E-state index in [9.17, 15) is 0 Å². The van der Waals surface area contributed by atoms with Crippen molar-refractivity contribution >= 4 is 0 Å². The van der Waals surface area contributed by atoms with Crippen LogP contribution in [0.1, 0.15) is 46.5 Å². The summed E-state index contributed by atoms with van der Waals surface area (Å²) in [6, 6.07) is 1.71. The fourth-order valence-electron chi connectivity index (χ4n) is 2.86. The Kier molecular flexibility index (Phi) is 1.95. The average molecular weight is 167 g/mol. The van der Waals surface area contributed by atoms with E-state index >= 15 is 0 Å². The summed E-state index contributed by atoms with van der Waals surface area (Å²) in [5.74, 6) is 1.01. The SMILES string of the molecule is CC(C)(C)CC1NC2CCC1C2. The molecule has 0 radical (unpaired) electrons. The topological polar surface area (TPSA) is 12.0 Å². The van der Waals surface area contributed by atoms with Gasteiger partial charge in [-0.2, -0.15) is 0 Å². The van der Waals surface area contributed by atoms with Crippen LogP contribution in [0.5, 0.6) is 0 Å². The van der Waals surface area contributed by atoms with Gasteiger partial charge in [-0.05, 0) is 37.0 Å². The average Bonchev–Trinajstić information content (AvgIpc) is 2.42. The molecular weight excluding hydrogens is 146 g/mol. The third-order valence-corrected chi connectivity index (χ3v) is 3.32. The van der Waals surface area contributed by atoms with Crippen LogP contribution in [0, 0.1) is 11.3 Å². The smallest absolute Gasteiger partial charge is 0.0103 e. The Labute approximate surface area is 75.9 Å². The first-order valence-electron chi connectivity index (χ1n) is 5.31. The van der Waals surface area contributed by atoms with Crippen molar-refractivity contribution in [2.45, 2.75) is 58.5 Å². The highest BCUT2D eigenvalue weighted by Gasteiger charge is 2.40. The van der Waals surface area contributed by atoms with Crippen LogP contribution >= 0.6 is 0 Å². The van der Waals surface area contributed by atoms with Crippen LogP contribution in [0.25, 0.3) is 0 Å². The molecule has 1 saturated carbocycles. The molecule has 0 aromatic rings. The molecule has 1 heteroatoms. The second kappa shape index (κ2) is 2.73. The van der Waals surface area contributed by atoms with Crippen molar-refractivity contribution in [2.75, 3.05) is 0 Å². The van der Waals surface area contributed by atoms with Gasteiger partial charge in [0.2, 0.25) is 0 Å². The van der Waals surface area contributed by atoms with Crippen molar-refractivity contribution in [1.82, 2.24) is 5.32 Å². The first-order chi connectivity index (χ1) is 5.54. The number of hydrogen-bond acceptors (Lipinski definition) is 1. The van der Waals surface area contributed by atoms with Crippen molar-refractivity contribution in [3.8, 4) is 0 Å². The molecule has 1 aliphatic heterocycles. The zero-order valence-corrected chi connectivity index (χ0v) is 8.56. The standard InChI is InChI=1S/C11H21N/c1-11(2,3)7-10-8-4-5-9(6-8)12-10/h8-10,12H,4-7H2,1-3H3. The van der Waals surface area contributed by atoms with Crippen molar-refractivity contribution in [2.24, 2.45) is 11.3 Å². The summed E-state index contributed by atoms with van der Waals surface area (Å²) in [6.07, 6.45) is 5.73. The van der Waals surface area contributed by atoms with E-state index in [2.05, 4.69) is 26.1 Å². The van der Waals surface area contributed by atoms with E-state index in [1.807, 2.05) is 0 Å². The molecule has 0 aromatic carbocycles. The molecule has 3 atom stereocenters. The molecule has 0 aromatic heterocycles. The first kappa shape index (κ1) is 8.55. The second-order valence-electron chi connectivity index (χ2n) is 5.81. The Morgan fingerprint density at radius 1 is 1.25 bits per heavy atom. The fourth-order valence-corrected chi connectivity index (χ4v) is 2.86. The molecule has 2 aliphatic rings. The zero-order valence-electron chi connectivity index (χ0n) is 8.56. The molecule has 0 amide bonds. The number of fused-ring (bicyclic) bond motifs is 2. The molecule has 2 bridgehead atoms. The van der Waals surface area contributed by atoms with Gasteiger partial charge >= 0.3 is 0 Å². The first-order valence-corrected chi connectivity index (χ1v) is 5.31. The maximum atomic E-state index is 3.75. The van der Waals surface area contributed by atoms with Gasteiger partial charge in [-0.15, -0.1) is 0 Å².